The number of carboxylic acid groups (broad SMARTS) is 1. The van der Waals surface area contributed by atoms with Crippen molar-refractivity contribution < 1.29 is 27.9 Å². The van der Waals surface area contributed by atoms with Crippen LogP contribution in [0.1, 0.15) is 18.4 Å². The number of carbonyl (C=O) groups is 2. The summed E-state index contributed by atoms with van der Waals surface area (Å²) in [6, 6.07) is 6.13. The number of alkyl halides is 3. The molecule has 0 spiro atoms. The Morgan fingerprint density at radius 2 is 2.00 bits per heavy atom. The zero-order chi connectivity index (χ0) is 15.2. The Balaban J connectivity index is 2.62. The highest BCUT2D eigenvalue weighted by molar-refractivity contribution is 5.91. The number of aliphatic carboxylic acids is 1. The van der Waals surface area contributed by atoms with E-state index in [9.17, 15) is 22.8 Å². The van der Waals surface area contributed by atoms with Gasteiger partial charge in [0.15, 0.2) is 0 Å². The number of benzene rings is 1. The Bertz CT molecular complexity index is 524. The quantitative estimate of drug-likeness (QED) is 0.818. The van der Waals surface area contributed by atoms with Crippen molar-refractivity contribution >= 4 is 23.6 Å². The van der Waals surface area contributed by atoms with Gasteiger partial charge in [0, 0.05) is 18.2 Å². The predicted octanol–water partition coefficient (Wildman–Crippen LogP) is 3.07. The van der Waals surface area contributed by atoms with Crippen LogP contribution in [0.3, 0.4) is 0 Å². The van der Waals surface area contributed by atoms with Crippen molar-refractivity contribution in [1.82, 2.24) is 0 Å². The molecule has 0 aliphatic rings. The lowest BCUT2D eigenvalue weighted by Gasteiger charge is -2.08. The van der Waals surface area contributed by atoms with Crippen LogP contribution in [-0.2, 0) is 9.59 Å². The molecule has 2 N–H and O–H groups in total. The molecule has 7 heteroatoms. The Morgan fingerprint density at radius 3 is 2.60 bits per heavy atom. The van der Waals surface area contributed by atoms with Gasteiger partial charge in [0.25, 0.3) is 0 Å². The summed E-state index contributed by atoms with van der Waals surface area (Å²) in [5, 5.41) is 10.8. The van der Waals surface area contributed by atoms with Crippen molar-refractivity contribution in [2.75, 3.05) is 5.32 Å². The summed E-state index contributed by atoms with van der Waals surface area (Å²) in [6.45, 7) is 0. The minimum Gasteiger partial charge on any atom is -0.478 e. The van der Waals surface area contributed by atoms with E-state index >= 15 is 0 Å². The van der Waals surface area contributed by atoms with E-state index in [2.05, 4.69) is 5.32 Å². The maximum absolute atomic E-state index is 12.0. The van der Waals surface area contributed by atoms with Crippen LogP contribution in [0.15, 0.2) is 30.3 Å². The summed E-state index contributed by atoms with van der Waals surface area (Å²) >= 11 is 0. The van der Waals surface area contributed by atoms with Gasteiger partial charge in [0.2, 0.25) is 5.91 Å². The van der Waals surface area contributed by atoms with E-state index in [-0.39, 0.29) is 0 Å². The Morgan fingerprint density at radius 1 is 1.30 bits per heavy atom. The van der Waals surface area contributed by atoms with Crippen molar-refractivity contribution in [3.8, 4) is 0 Å². The van der Waals surface area contributed by atoms with Crippen molar-refractivity contribution in [3.63, 3.8) is 0 Å². The van der Waals surface area contributed by atoms with Gasteiger partial charge in [-0.15, -0.1) is 0 Å². The average molecular weight is 287 g/mol. The lowest BCUT2D eigenvalue weighted by atomic mass is 10.2. The van der Waals surface area contributed by atoms with Crippen LogP contribution in [0.25, 0.3) is 6.08 Å². The first kappa shape index (κ1) is 15.7. The first-order valence-electron chi connectivity index (χ1n) is 5.64. The predicted molar refractivity (Wildman–Crippen MR) is 67.0 cm³/mol. The summed E-state index contributed by atoms with van der Waals surface area (Å²) < 4.78 is 35.9. The van der Waals surface area contributed by atoms with Gasteiger partial charge in [-0.1, -0.05) is 12.1 Å². The summed E-state index contributed by atoms with van der Waals surface area (Å²) in [7, 11) is 0. The van der Waals surface area contributed by atoms with E-state index in [0.29, 0.717) is 11.3 Å². The van der Waals surface area contributed by atoms with Gasteiger partial charge < -0.3 is 10.4 Å². The van der Waals surface area contributed by atoms with Crippen LogP contribution in [0, 0.1) is 0 Å². The highest BCUT2D eigenvalue weighted by Crippen LogP contribution is 2.21. The molecule has 1 aromatic carbocycles. The molecule has 0 radical (unpaired) electrons. The second kappa shape index (κ2) is 6.74. The van der Waals surface area contributed by atoms with Gasteiger partial charge in [0.05, 0.1) is 6.42 Å². The largest absolute Gasteiger partial charge is 0.478 e. The first-order chi connectivity index (χ1) is 9.26. The molecular weight excluding hydrogens is 275 g/mol. The van der Waals surface area contributed by atoms with Crippen LogP contribution in [0.5, 0.6) is 0 Å². The molecule has 1 aromatic rings. The van der Waals surface area contributed by atoms with Gasteiger partial charge >= 0.3 is 12.1 Å². The zero-order valence-corrected chi connectivity index (χ0v) is 10.3. The number of anilines is 1. The summed E-state index contributed by atoms with van der Waals surface area (Å²) in [5.74, 6) is -1.87. The van der Waals surface area contributed by atoms with E-state index in [1.54, 1.807) is 12.1 Å². The molecule has 0 fully saturated rings. The third-order valence-electron chi connectivity index (χ3n) is 2.22. The monoisotopic (exact) mass is 287 g/mol. The second-order valence-corrected chi connectivity index (χ2v) is 3.96. The zero-order valence-electron chi connectivity index (χ0n) is 10.3. The van der Waals surface area contributed by atoms with Gasteiger partial charge in [-0.25, -0.2) is 4.79 Å². The van der Waals surface area contributed by atoms with Gasteiger partial charge in [-0.2, -0.15) is 13.2 Å². The molecule has 0 heterocycles. The number of rotatable bonds is 5. The highest BCUT2D eigenvalue weighted by atomic mass is 19.4. The van der Waals surface area contributed by atoms with Crippen LogP contribution in [-0.4, -0.2) is 23.2 Å². The number of carbonyl (C=O) groups excluding carboxylic acids is 1. The average Bonchev–Trinajstić information content (AvgIpc) is 2.34. The van der Waals surface area contributed by atoms with E-state index < -0.39 is 30.9 Å². The third kappa shape index (κ3) is 6.58. The van der Waals surface area contributed by atoms with Gasteiger partial charge in [-0.05, 0) is 23.8 Å². The highest BCUT2D eigenvalue weighted by Gasteiger charge is 2.27. The first-order valence-corrected chi connectivity index (χ1v) is 5.64. The number of hydrogen-bond acceptors (Lipinski definition) is 2. The Labute approximate surface area is 112 Å². The molecule has 0 aliphatic heterocycles. The molecule has 108 valence electrons. The summed E-state index contributed by atoms with van der Waals surface area (Å²) in [5.41, 5.74) is 0.825. The van der Waals surface area contributed by atoms with Crippen molar-refractivity contribution in [2.45, 2.75) is 19.0 Å². The number of halogens is 3. The molecule has 0 aromatic heterocycles. The smallest absolute Gasteiger partial charge is 0.389 e. The Kier molecular flexibility index (Phi) is 5.31. The number of amides is 1. The van der Waals surface area contributed by atoms with Gasteiger partial charge in [-0.3, -0.25) is 4.79 Å². The van der Waals surface area contributed by atoms with Crippen LogP contribution >= 0.6 is 0 Å². The second-order valence-electron chi connectivity index (χ2n) is 3.96. The fourth-order valence-corrected chi connectivity index (χ4v) is 1.37. The summed E-state index contributed by atoms with van der Waals surface area (Å²) in [4.78, 5) is 21.7. The molecule has 4 nitrogen and oxygen atoms in total. The van der Waals surface area contributed by atoms with Gasteiger partial charge in [0.1, 0.15) is 0 Å². The molecule has 20 heavy (non-hydrogen) atoms. The van der Waals surface area contributed by atoms with Crippen molar-refractivity contribution in [1.29, 1.82) is 0 Å². The Hall–Kier alpha value is -2.31. The topological polar surface area (TPSA) is 66.4 Å². The lowest BCUT2D eigenvalue weighted by molar-refractivity contribution is -0.142. The van der Waals surface area contributed by atoms with E-state index in [4.69, 9.17) is 5.11 Å². The minimum absolute atomic E-state index is 0.310. The molecule has 0 aliphatic carbocycles. The number of nitrogens with one attached hydrogen (secondary N) is 1. The fourth-order valence-electron chi connectivity index (χ4n) is 1.37. The SMILES string of the molecule is O=C(O)/C=C/c1cccc(NC(=O)CCC(F)(F)F)c1. The molecule has 1 rings (SSSR count). The molecular formula is C13H12F3NO3. The molecule has 0 bridgehead atoms. The minimum atomic E-state index is -4.37. The molecule has 1 amide bonds. The van der Waals surface area contributed by atoms with E-state index in [0.717, 1.165) is 6.08 Å². The summed E-state index contributed by atoms with van der Waals surface area (Å²) in [6.07, 6.45) is -3.97. The molecule has 0 unspecified atom stereocenters. The van der Waals surface area contributed by atoms with E-state index in [1.807, 2.05) is 0 Å². The third-order valence-corrected chi connectivity index (χ3v) is 2.22. The maximum atomic E-state index is 12.0. The standard InChI is InChI=1S/C13H12F3NO3/c14-13(15,16)7-6-11(18)17-10-3-1-2-9(8-10)4-5-12(19)20/h1-5,8H,6-7H2,(H,17,18)(H,19,20)/b5-4+. The maximum Gasteiger partial charge on any atom is 0.389 e. The normalized spacial score (nSPS) is 11.6. The van der Waals surface area contributed by atoms with Crippen molar-refractivity contribution in [3.05, 3.63) is 35.9 Å². The fraction of sp³-hybridized carbons (Fsp3) is 0.231. The van der Waals surface area contributed by atoms with E-state index in [1.165, 1.54) is 18.2 Å². The lowest BCUT2D eigenvalue weighted by Crippen LogP contribution is -2.16. The molecule has 0 saturated heterocycles. The van der Waals surface area contributed by atoms with Crippen LogP contribution in [0.4, 0.5) is 18.9 Å². The molecule has 0 atom stereocenters. The van der Waals surface area contributed by atoms with Crippen molar-refractivity contribution in [2.24, 2.45) is 0 Å². The van der Waals surface area contributed by atoms with Crippen LogP contribution < -0.4 is 5.32 Å². The molecule has 0 saturated carbocycles. The van der Waals surface area contributed by atoms with Crippen LogP contribution in [0.2, 0.25) is 0 Å². The number of hydrogen-bond donors (Lipinski definition) is 2. The number of carboxylic acids is 1.